The lowest BCUT2D eigenvalue weighted by atomic mass is 9.97. The highest BCUT2D eigenvalue weighted by Crippen LogP contribution is 2.24. The summed E-state index contributed by atoms with van der Waals surface area (Å²) in [4.78, 5) is 5.17. The molecule has 128 valence electrons. The van der Waals surface area contributed by atoms with E-state index in [-0.39, 0.29) is 0 Å². The van der Waals surface area contributed by atoms with Crippen LogP contribution in [0.4, 0.5) is 0 Å². The van der Waals surface area contributed by atoms with Gasteiger partial charge in [-0.3, -0.25) is 4.90 Å². The van der Waals surface area contributed by atoms with Gasteiger partial charge in [-0.1, -0.05) is 67.1 Å². The smallest absolute Gasteiger partial charge is 0.0385 e. The van der Waals surface area contributed by atoms with E-state index in [1.807, 2.05) is 0 Å². The maximum absolute atomic E-state index is 2.63. The van der Waals surface area contributed by atoms with Gasteiger partial charge in [0.15, 0.2) is 0 Å². The van der Waals surface area contributed by atoms with Crippen LogP contribution in [0.1, 0.15) is 36.4 Å². The van der Waals surface area contributed by atoms with Gasteiger partial charge in [0.05, 0.1) is 0 Å². The summed E-state index contributed by atoms with van der Waals surface area (Å²) in [6.45, 7) is 4.88. The van der Waals surface area contributed by atoms with Crippen molar-refractivity contribution in [2.45, 2.75) is 31.7 Å². The van der Waals surface area contributed by atoms with E-state index >= 15 is 0 Å². The first-order valence-electron chi connectivity index (χ1n) is 9.34. The normalized spacial score (nSPS) is 17.1. The van der Waals surface area contributed by atoms with Crippen LogP contribution in [0.3, 0.4) is 0 Å². The summed E-state index contributed by atoms with van der Waals surface area (Å²) in [7, 11) is 2.28. The molecule has 3 rings (SSSR count). The van der Waals surface area contributed by atoms with Gasteiger partial charge in [0, 0.05) is 19.1 Å². The van der Waals surface area contributed by atoms with Crippen molar-refractivity contribution in [3.8, 4) is 0 Å². The van der Waals surface area contributed by atoms with E-state index in [4.69, 9.17) is 0 Å². The summed E-state index contributed by atoms with van der Waals surface area (Å²) in [6, 6.07) is 22.3. The molecule has 2 aromatic carbocycles. The van der Waals surface area contributed by atoms with E-state index in [2.05, 4.69) is 77.5 Å². The molecule has 0 bridgehead atoms. The van der Waals surface area contributed by atoms with Crippen molar-refractivity contribution < 1.29 is 0 Å². The van der Waals surface area contributed by atoms with Crippen LogP contribution in [0.25, 0.3) is 0 Å². The number of hydrogen-bond donors (Lipinski definition) is 0. The first-order valence-corrected chi connectivity index (χ1v) is 9.34. The van der Waals surface area contributed by atoms with Crippen LogP contribution in [0.2, 0.25) is 0 Å². The minimum atomic E-state index is 0.443. The highest BCUT2D eigenvalue weighted by molar-refractivity contribution is 5.23. The predicted octanol–water partition coefficient (Wildman–Crippen LogP) is 4.39. The van der Waals surface area contributed by atoms with Gasteiger partial charge >= 0.3 is 0 Å². The molecule has 2 nitrogen and oxygen atoms in total. The number of benzene rings is 2. The Morgan fingerprint density at radius 1 is 0.875 bits per heavy atom. The molecular weight excluding hydrogens is 292 g/mol. The Balaban J connectivity index is 1.66. The average molecular weight is 322 g/mol. The summed E-state index contributed by atoms with van der Waals surface area (Å²) < 4.78 is 0. The van der Waals surface area contributed by atoms with Gasteiger partial charge in [0.25, 0.3) is 0 Å². The molecule has 0 amide bonds. The Labute approximate surface area is 147 Å². The number of hydrogen-bond acceptors (Lipinski definition) is 2. The summed E-state index contributed by atoms with van der Waals surface area (Å²) in [5, 5.41) is 0. The van der Waals surface area contributed by atoms with E-state index in [1.54, 1.807) is 0 Å². The number of nitrogens with zero attached hydrogens (tertiary/aromatic N) is 2. The molecule has 0 saturated carbocycles. The fourth-order valence-electron chi connectivity index (χ4n) is 3.68. The second kappa shape index (κ2) is 9.00. The van der Waals surface area contributed by atoms with Crippen LogP contribution < -0.4 is 0 Å². The fourth-order valence-corrected chi connectivity index (χ4v) is 3.68. The Kier molecular flexibility index (Phi) is 6.45. The second-order valence-electron chi connectivity index (χ2n) is 7.00. The molecule has 1 aliphatic rings. The third-order valence-corrected chi connectivity index (χ3v) is 5.21. The molecule has 0 spiro atoms. The van der Waals surface area contributed by atoms with Crippen molar-refractivity contribution in [1.82, 2.24) is 9.80 Å². The first kappa shape index (κ1) is 17.2. The van der Waals surface area contributed by atoms with E-state index in [9.17, 15) is 0 Å². The quantitative estimate of drug-likeness (QED) is 0.746. The fraction of sp³-hybridized carbons (Fsp3) is 0.455. The van der Waals surface area contributed by atoms with Crippen LogP contribution in [-0.2, 0) is 6.42 Å². The molecule has 0 N–H and O–H groups in total. The van der Waals surface area contributed by atoms with Gasteiger partial charge in [-0.15, -0.1) is 0 Å². The maximum Gasteiger partial charge on any atom is 0.0385 e. The first-order chi connectivity index (χ1) is 11.8. The molecule has 2 aromatic rings. The molecular formula is C22H30N2. The molecule has 1 atom stereocenters. The minimum Gasteiger partial charge on any atom is -0.302 e. The average Bonchev–Trinajstić information content (AvgIpc) is 2.66. The van der Waals surface area contributed by atoms with Gasteiger partial charge in [-0.05, 0) is 50.5 Å². The van der Waals surface area contributed by atoms with Crippen molar-refractivity contribution >= 4 is 0 Å². The zero-order valence-electron chi connectivity index (χ0n) is 14.9. The Hall–Kier alpha value is -1.64. The standard InChI is InChI=1S/C22H30N2/c1-23(17-18-24-15-9-4-10-16-24)22(21-13-7-3-8-14-21)19-20-11-5-2-6-12-20/h2-3,5-8,11-14,22H,4,9-10,15-19H2,1H3. The van der Waals surface area contributed by atoms with E-state index in [1.165, 1.54) is 50.0 Å². The van der Waals surface area contributed by atoms with Crippen LogP contribution in [-0.4, -0.2) is 43.0 Å². The molecule has 0 aromatic heterocycles. The molecule has 1 heterocycles. The third kappa shape index (κ3) is 4.93. The third-order valence-electron chi connectivity index (χ3n) is 5.21. The zero-order valence-corrected chi connectivity index (χ0v) is 14.9. The summed E-state index contributed by atoms with van der Waals surface area (Å²) in [5.74, 6) is 0. The Morgan fingerprint density at radius 2 is 1.50 bits per heavy atom. The SMILES string of the molecule is CN(CCN1CCCCC1)C(Cc1ccccc1)c1ccccc1. The number of likely N-dealkylation sites (tertiary alicyclic amines) is 1. The summed E-state index contributed by atoms with van der Waals surface area (Å²) in [6.07, 6.45) is 5.22. The van der Waals surface area contributed by atoms with Crippen LogP contribution >= 0.6 is 0 Å². The maximum atomic E-state index is 2.63. The topological polar surface area (TPSA) is 6.48 Å². The Bertz CT molecular complexity index is 575. The molecule has 1 aliphatic heterocycles. The lowest BCUT2D eigenvalue weighted by Crippen LogP contribution is -2.38. The summed E-state index contributed by atoms with van der Waals surface area (Å²) in [5.41, 5.74) is 2.83. The van der Waals surface area contributed by atoms with Crippen molar-refractivity contribution in [1.29, 1.82) is 0 Å². The molecule has 1 unspecified atom stereocenters. The number of rotatable bonds is 7. The molecule has 24 heavy (non-hydrogen) atoms. The van der Waals surface area contributed by atoms with Crippen molar-refractivity contribution in [3.63, 3.8) is 0 Å². The van der Waals surface area contributed by atoms with Crippen LogP contribution in [0.5, 0.6) is 0 Å². The van der Waals surface area contributed by atoms with Crippen molar-refractivity contribution in [2.24, 2.45) is 0 Å². The molecule has 0 radical (unpaired) electrons. The molecule has 1 saturated heterocycles. The molecule has 0 aliphatic carbocycles. The number of piperidine rings is 1. The number of likely N-dealkylation sites (N-methyl/N-ethyl adjacent to an activating group) is 1. The lowest BCUT2D eigenvalue weighted by molar-refractivity contribution is 0.170. The Morgan fingerprint density at radius 3 is 2.17 bits per heavy atom. The van der Waals surface area contributed by atoms with E-state index < -0.39 is 0 Å². The van der Waals surface area contributed by atoms with Gasteiger partial charge < -0.3 is 4.90 Å². The predicted molar refractivity (Wildman–Crippen MR) is 102 cm³/mol. The zero-order chi connectivity index (χ0) is 16.6. The van der Waals surface area contributed by atoms with Gasteiger partial charge in [-0.2, -0.15) is 0 Å². The molecule has 2 heteroatoms. The second-order valence-corrected chi connectivity index (χ2v) is 7.00. The molecule has 1 fully saturated rings. The van der Waals surface area contributed by atoms with Crippen LogP contribution in [0, 0.1) is 0 Å². The van der Waals surface area contributed by atoms with Crippen molar-refractivity contribution in [2.75, 3.05) is 33.2 Å². The minimum absolute atomic E-state index is 0.443. The van der Waals surface area contributed by atoms with Gasteiger partial charge in [0.1, 0.15) is 0 Å². The highest BCUT2D eigenvalue weighted by Gasteiger charge is 2.19. The van der Waals surface area contributed by atoms with Gasteiger partial charge in [0.2, 0.25) is 0 Å². The van der Waals surface area contributed by atoms with Gasteiger partial charge in [-0.25, -0.2) is 0 Å². The van der Waals surface area contributed by atoms with E-state index in [0.717, 1.165) is 13.0 Å². The van der Waals surface area contributed by atoms with Crippen LogP contribution in [0.15, 0.2) is 60.7 Å². The monoisotopic (exact) mass is 322 g/mol. The lowest BCUT2D eigenvalue weighted by Gasteiger charge is -2.32. The summed E-state index contributed by atoms with van der Waals surface area (Å²) >= 11 is 0. The van der Waals surface area contributed by atoms with E-state index in [0.29, 0.717) is 6.04 Å². The largest absolute Gasteiger partial charge is 0.302 e. The highest BCUT2D eigenvalue weighted by atomic mass is 15.2. The van der Waals surface area contributed by atoms with Crippen molar-refractivity contribution in [3.05, 3.63) is 71.8 Å².